The molecule has 0 radical (unpaired) electrons. The van der Waals surface area contributed by atoms with Gasteiger partial charge in [0, 0.05) is 7.05 Å². The van der Waals surface area contributed by atoms with Crippen molar-refractivity contribution in [3.05, 3.63) is 35.2 Å². The summed E-state index contributed by atoms with van der Waals surface area (Å²) in [5.41, 5.74) is 2.66. The van der Waals surface area contributed by atoms with Crippen LogP contribution in [0.5, 0.6) is 0 Å². The van der Waals surface area contributed by atoms with Crippen molar-refractivity contribution in [3.8, 4) is 5.69 Å². The van der Waals surface area contributed by atoms with Crippen LogP contribution in [0.4, 0.5) is 4.79 Å². The second kappa shape index (κ2) is 7.66. The molecule has 7 heteroatoms. The largest absolute Gasteiger partial charge is 0.450 e. The van der Waals surface area contributed by atoms with E-state index in [1.807, 2.05) is 13.0 Å². The van der Waals surface area contributed by atoms with Gasteiger partial charge in [0.2, 0.25) is 0 Å². The summed E-state index contributed by atoms with van der Waals surface area (Å²) in [6.07, 6.45) is 3.33. The fourth-order valence-electron chi connectivity index (χ4n) is 4.03. The van der Waals surface area contributed by atoms with Crippen LogP contribution in [-0.4, -0.2) is 44.9 Å². The molecule has 0 spiro atoms. The van der Waals surface area contributed by atoms with E-state index in [1.165, 1.54) is 5.56 Å². The van der Waals surface area contributed by atoms with E-state index in [2.05, 4.69) is 48.4 Å². The molecule has 1 aromatic heterocycles. The van der Waals surface area contributed by atoms with Crippen molar-refractivity contribution < 1.29 is 9.53 Å². The third-order valence-corrected chi connectivity index (χ3v) is 5.75. The van der Waals surface area contributed by atoms with E-state index in [4.69, 9.17) is 4.74 Å². The minimum atomic E-state index is -0.570. The number of benzene rings is 1. The highest BCUT2D eigenvalue weighted by atomic mass is 16.6. The molecule has 0 saturated heterocycles. The van der Waals surface area contributed by atoms with Crippen molar-refractivity contribution in [3.63, 3.8) is 0 Å². The number of carbonyl (C=O) groups is 1. The third-order valence-electron chi connectivity index (χ3n) is 5.75. The fourth-order valence-corrected chi connectivity index (χ4v) is 4.03. The Kier molecular flexibility index (Phi) is 5.48. The van der Waals surface area contributed by atoms with Crippen LogP contribution in [0.3, 0.4) is 0 Å². The monoisotopic (exact) mass is 371 g/mol. The molecule has 0 atom stereocenters. The first-order chi connectivity index (χ1) is 12.9. The van der Waals surface area contributed by atoms with Crippen molar-refractivity contribution in [2.75, 3.05) is 13.7 Å². The van der Waals surface area contributed by atoms with Crippen molar-refractivity contribution in [1.82, 2.24) is 25.1 Å². The van der Waals surface area contributed by atoms with Crippen molar-refractivity contribution in [2.45, 2.75) is 58.9 Å². The van der Waals surface area contributed by atoms with Gasteiger partial charge in [-0.3, -0.25) is 4.90 Å². The first-order valence-electron chi connectivity index (χ1n) is 9.66. The van der Waals surface area contributed by atoms with Crippen LogP contribution in [0.1, 0.15) is 56.5 Å². The van der Waals surface area contributed by atoms with Gasteiger partial charge < -0.3 is 4.74 Å². The molecule has 3 rings (SSSR count). The number of amides is 1. The predicted molar refractivity (Wildman–Crippen MR) is 103 cm³/mol. The molecule has 1 fully saturated rings. The second-order valence-corrected chi connectivity index (χ2v) is 7.68. The van der Waals surface area contributed by atoms with Crippen LogP contribution in [0.25, 0.3) is 5.69 Å². The summed E-state index contributed by atoms with van der Waals surface area (Å²) in [7, 11) is 1.80. The van der Waals surface area contributed by atoms with Crippen LogP contribution in [0.2, 0.25) is 0 Å². The van der Waals surface area contributed by atoms with Gasteiger partial charge in [0.15, 0.2) is 5.82 Å². The minimum absolute atomic E-state index is 0.331. The van der Waals surface area contributed by atoms with Gasteiger partial charge in [0.05, 0.1) is 12.3 Å². The molecule has 1 aromatic carbocycles. The molecule has 0 unspecified atom stereocenters. The van der Waals surface area contributed by atoms with E-state index in [9.17, 15) is 4.79 Å². The molecular formula is C20H29N5O2. The smallest absolute Gasteiger partial charge is 0.410 e. The Morgan fingerprint density at radius 3 is 2.67 bits per heavy atom. The molecule has 146 valence electrons. The van der Waals surface area contributed by atoms with E-state index >= 15 is 0 Å². The Balaban J connectivity index is 2.09. The Morgan fingerprint density at radius 1 is 1.33 bits per heavy atom. The average molecular weight is 371 g/mol. The number of aryl methyl sites for hydroxylation is 2. The van der Waals surface area contributed by atoms with Gasteiger partial charge in [-0.15, -0.1) is 5.10 Å². The lowest BCUT2D eigenvalue weighted by atomic mass is 9.75. The molecule has 0 aliphatic heterocycles. The van der Waals surface area contributed by atoms with Gasteiger partial charge in [0.1, 0.15) is 5.54 Å². The second-order valence-electron chi connectivity index (χ2n) is 7.68. The molecule has 1 heterocycles. The number of hydrogen-bond acceptors (Lipinski definition) is 5. The third kappa shape index (κ3) is 3.55. The highest BCUT2D eigenvalue weighted by Crippen LogP contribution is 2.43. The van der Waals surface area contributed by atoms with Crippen LogP contribution < -0.4 is 0 Å². The lowest BCUT2D eigenvalue weighted by molar-refractivity contribution is 0.0311. The zero-order chi connectivity index (χ0) is 19.6. The maximum Gasteiger partial charge on any atom is 0.410 e. The van der Waals surface area contributed by atoms with E-state index in [0.717, 1.165) is 36.9 Å². The number of carbonyl (C=O) groups excluding carboxylic acids is 1. The van der Waals surface area contributed by atoms with Crippen molar-refractivity contribution >= 4 is 6.09 Å². The molecule has 7 nitrogen and oxygen atoms in total. The lowest BCUT2D eigenvalue weighted by Gasteiger charge is -2.44. The molecule has 2 aromatic rings. The van der Waals surface area contributed by atoms with Crippen LogP contribution in [0.15, 0.2) is 18.2 Å². The molecule has 1 saturated carbocycles. The normalized spacial score (nSPS) is 22.5. The fraction of sp³-hybridized carbons (Fsp3) is 0.600. The summed E-state index contributed by atoms with van der Waals surface area (Å²) < 4.78 is 7.09. The van der Waals surface area contributed by atoms with Gasteiger partial charge in [-0.2, -0.15) is 4.68 Å². The van der Waals surface area contributed by atoms with E-state index in [1.54, 1.807) is 16.6 Å². The van der Waals surface area contributed by atoms with E-state index in [0.29, 0.717) is 18.3 Å². The standard InChI is InChI=1S/C20H29N5O2/c1-6-27-19(26)24(5)20(11-9-14(2)10-12-20)18-21-22-23-25(18)17-8-7-15(3)13-16(17)4/h7-8,13-14H,6,9-12H2,1-5H3. The van der Waals surface area contributed by atoms with Crippen LogP contribution in [0, 0.1) is 19.8 Å². The van der Waals surface area contributed by atoms with Crippen molar-refractivity contribution in [1.29, 1.82) is 0 Å². The summed E-state index contributed by atoms with van der Waals surface area (Å²) in [5.74, 6) is 1.33. The quantitative estimate of drug-likeness (QED) is 0.818. The molecule has 0 N–H and O–H groups in total. The van der Waals surface area contributed by atoms with Gasteiger partial charge in [0.25, 0.3) is 0 Å². The van der Waals surface area contributed by atoms with Crippen molar-refractivity contribution in [2.24, 2.45) is 5.92 Å². The Bertz CT molecular complexity index is 808. The van der Waals surface area contributed by atoms with Gasteiger partial charge >= 0.3 is 6.09 Å². The number of hydrogen-bond donors (Lipinski definition) is 0. The number of nitrogens with zero attached hydrogens (tertiary/aromatic N) is 5. The first kappa shape index (κ1) is 19.3. The summed E-state index contributed by atoms with van der Waals surface area (Å²) in [4.78, 5) is 14.3. The number of rotatable bonds is 4. The first-order valence-corrected chi connectivity index (χ1v) is 9.66. The molecule has 27 heavy (non-hydrogen) atoms. The van der Waals surface area contributed by atoms with Gasteiger partial charge in [-0.1, -0.05) is 24.6 Å². The van der Waals surface area contributed by atoms with E-state index in [-0.39, 0.29) is 6.09 Å². The average Bonchev–Trinajstić information content (AvgIpc) is 3.12. The SMILES string of the molecule is CCOC(=O)N(C)C1(c2nnnn2-c2ccc(C)cc2C)CCC(C)CC1. The van der Waals surface area contributed by atoms with Gasteiger partial charge in [-0.25, -0.2) is 4.79 Å². The Labute approximate surface area is 160 Å². The summed E-state index contributed by atoms with van der Waals surface area (Å²) in [6.45, 7) is 8.54. The van der Waals surface area contributed by atoms with Gasteiger partial charge in [-0.05, 0) is 74.4 Å². The van der Waals surface area contributed by atoms with Crippen LogP contribution >= 0.6 is 0 Å². The zero-order valence-corrected chi connectivity index (χ0v) is 16.9. The molecule has 1 amide bonds. The molecular weight excluding hydrogens is 342 g/mol. The maximum atomic E-state index is 12.6. The van der Waals surface area contributed by atoms with Crippen LogP contribution in [-0.2, 0) is 10.3 Å². The van der Waals surface area contributed by atoms with E-state index < -0.39 is 5.54 Å². The molecule has 0 bridgehead atoms. The zero-order valence-electron chi connectivity index (χ0n) is 16.9. The predicted octanol–water partition coefficient (Wildman–Crippen LogP) is 3.77. The Morgan fingerprint density at radius 2 is 2.04 bits per heavy atom. The maximum absolute atomic E-state index is 12.6. The molecule has 1 aliphatic carbocycles. The number of ether oxygens (including phenoxy) is 1. The summed E-state index contributed by atoms with van der Waals surface area (Å²) in [5, 5.41) is 12.6. The topological polar surface area (TPSA) is 73.1 Å². The minimum Gasteiger partial charge on any atom is -0.450 e. The molecule has 1 aliphatic rings. The summed E-state index contributed by atoms with van der Waals surface area (Å²) in [6, 6.07) is 6.21. The number of tetrazole rings is 1. The highest BCUT2D eigenvalue weighted by molar-refractivity contribution is 5.68. The summed E-state index contributed by atoms with van der Waals surface area (Å²) >= 11 is 0. The Hall–Kier alpha value is -2.44. The lowest BCUT2D eigenvalue weighted by Crippen LogP contribution is -2.51. The number of aromatic nitrogens is 4. The highest BCUT2D eigenvalue weighted by Gasteiger charge is 2.46.